The van der Waals surface area contributed by atoms with Gasteiger partial charge in [-0.15, -0.1) is 11.3 Å². The van der Waals surface area contributed by atoms with Crippen LogP contribution in [-0.2, 0) is 13.0 Å². The van der Waals surface area contributed by atoms with Crippen molar-refractivity contribution >= 4 is 11.3 Å². The maximum atomic E-state index is 10.1. The third-order valence-corrected chi connectivity index (χ3v) is 4.30. The predicted octanol–water partition coefficient (Wildman–Crippen LogP) is 3.47. The number of benzene rings is 1. The number of rotatable bonds is 7. The van der Waals surface area contributed by atoms with Crippen LogP contribution in [0.3, 0.4) is 0 Å². The first-order chi connectivity index (χ1) is 10.0. The molecule has 21 heavy (non-hydrogen) atoms. The maximum Gasteiger partial charge on any atom is 0.0930 e. The Bertz CT molecular complexity index is 548. The zero-order valence-electron chi connectivity index (χ0n) is 13.0. The van der Waals surface area contributed by atoms with E-state index in [0.29, 0.717) is 12.5 Å². The highest BCUT2D eigenvalue weighted by Gasteiger charge is 2.08. The molecule has 1 aromatic carbocycles. The zero-order valence-corrected chi connectivity index (χ0v) is 13.8. The molecule has 114 valence electrons. The molecule has 1 aromatic heterocycles. The van der Waals surface area contributed by atoms with E-state index in [1.165, 1.54) is 15.4 Å². The summed E-state index contributed by atoms with van der Waals surface area (Å²) in [5, 5.41) is 14.6. The van der Waals surface area contributed by atoms with E-state index in [0.717, 1.165) is 18.5 Å². The van der Waals surface area contributed by atoms with Crippen molar-refractivity contribution in [1.82, 2.24) is 10.3 Å². The van der Waals surface area contributed by atoms with Gasteiger partial charge < -0.3 is 10.4 Å². The molecule has 0 aliphatic heterocycles. The zero-order chi connectivity index (χ0) is 15.2. The molecule has 4 heteroatoms. The second-order valence-corrected chi connectivity index (χ2v) is 7.08. The molecule has 0 aliphatic rings. The summed E-state index contributed by atoms with van der Waals surface area (Å²) in [6.07, 6.45) is 2.51. The fourth-order valence-electron chi connectivity index (χ4n) is 2.11. The van der Waals surface area contributed by atoms with Crippen molar-refractivity contribution in [3.63, 3.8) is 0 Å². The van der Waals surface area contributed by atoms with E-state index in [4.69, 9.17) is 0 Å². The van der Waals surface area contributed by atoms with Crippen LogP contribution in [0.25, 0.3) is 0 Å². The van der Waals surface area contributed by atoms with Gasteiger partial charge in [-0.05, 0) is 18.4 Å². The van der Waals surface area contributed by atoms with Crippen LogP contribution in [-0.4, -0.2) is 16.6 Å². The largest absolute Gasteiger partial charge is 0.387 e. The standard InChI is InChI=1S/C17H24N2OS/c1-12(2)8-17-19-10-15(21-17)9-18-11-16(20)14-6-4-13(3)5-7-14/h4-7,10,12,16,18,20H,8-9,11H2,1-3H3. The SMILES string of the molecule is Cc1ccc(C(O)CNCc2cnc(CC(C)C)s2)cc1. The number of aliphatic hydroxyl groups excluding tert-OH is 1. The second kappa shape index (κ2) is 7.69. The lowest BCUT2D eigenvalue weighted by Gasteiger charge is -2.11. The number of aryl methyl sites for hydroxylation is 1. The van der Waals surface area contributed by atoms with Crippen LogP contribution in [0.4, 0.5) is 0 Å². The van der Waals surface area contributed by atoms with Crippen molar-refractivity contribution in [2.75, 3.05) is 6.54 Å². The van der Waals surface area contributed by atoms with Crippen LogP contribution in [0.15, 0.2) is 30.5 Å². The number of aromatic nitrogens is 1. The summed E-state index contributed by atoms with van der Waals surface area (Å²) in [6.45, 7) is 7.78. The van der Waals surface area contributed by atoms with Gasteiger partial charge >= 0.3 is 0 Å². The van der Waals surface area contributed by atoms with Gasteiger partial charge in [0.2, 0.25) is 0 Å². The molecule has 0 radical (unpaired) electrons. The van der Waals surface area contributed by atoms with Crippen molar-refractivity contribution in [3.8, 4) is 0 Å². The number of hydrogen-bond donors (Lipinski definition) is 2. The minimum atomic E-state index is -0.464. The molecule has 1 atom stereocenters. The summed E-state index contributed by atoms with van der Waals surface area (Å²) in [5.41, 5.74) is 2.17. The lowest BCUT2D eigenvalue weighted by Crippen LogP contribution is -2.20. The molecule has 2 N–H and O–H groups in total. The molecule has 1 unspecified atom stereocenters. The van der Waals surface area contributed by atoms with Gasteiger partial charge in [0.15, 0.2) is 0 Å². The Morgan fingerprint density at radius 1 is 1.24 bits per heavy atom. The van der Waals surface area contributed by atoms with Crippen LogP contribution in [0.5, 0.6) is 0 Å². The smallest absolute Gasteiger partial charge is 0.0930 e. The number of nitrogens with zero attached hydrogens (tertiary/aromatic N) is 1. The highest BCUT2D eigenvalue weighted by Crippen LogP contribution is 2.17. The molecule has 0 saturated carbocycles. The Morgan fingerprint density at radius 2 is 1.95 bits per heavy atom. The number of aliphatic hydroxyl groups is 1. The highest BCUT2D eigenvalue weighted by atomic mass is 32.1. The van der Waals surface area contributed by atoms with Crippen molar-refractivity contribution < 1.29 is 5.11 Å². The van der Waals surface area contributed by atoms with Crippen molar-refractivity contribution in [2.45, 2.75) is 39.8 Å². The Balaban J connectivity index is 1.78. The third kappa shape index (κ3) is 5.23. The minimum Gasteiger partial charge on any atom is -0.387 e. The Hall–Kier alpha value is -1.23. The van der Waals surface area contributed by atoms with Crippen molar-refractivity contribution in [1.29, 1.82) is 0 Å². The number of hydrogen-bond acceptors (Lipinski definition) is 4. The van der Waals surface area contributed by atoms with E-state index in [2.05, 4.69) is 24.1 Å². The summed E-state index contributed by atoms with van der Waals surface area (Å²) in [7, 11) is 0. The summed E-state index contributed by atoms with van der Waals surface area (Å²) < 4.78 is 0. The summed E-state index contributed by atoms with van der Waals surface area (Å²) in [4.78, 5) is 5.66. The lowest BCUT2D eigenvalue weighted by molar-refractivity contribution is 0.174. The highest BCUT2D eigenvalue weighted by molar-refractivity contribution is 7.11. The first kappa shape index (κ1) is 16.1. The van der Waals surface area contributed by atoms with Crippen LogP contribution < -0.4 is 5.32 Å². The van der Waals surface area contributed by atoms with E-state index >= 15 is 0 Å². The molecule has 0 fully saturated rings. The molecule has 0 spiro atoms. The van der Waals surface area contributed by atoms with Crippen LogP contribution in [0.1, 0.15) is 41.0 Å². The summed E-state index contributed by atoms with van der Waals surface area (Å²) in [5.74, 6) is 0.639. The van der Waals surface area contributed by atoms with E-state index in [1.54, 1.807) is 11.3 Å². The first-order valence-corrected chi connectivity index (χ1v) is 8.25. The molecule has 2 aromatic rings. The second-order valence-electron chi connectivity index (χ2n) is 5.88. The fraction of sp³-hybridized carbons (Fsp3) is 0.471. The predicted molar refractivity (Wildman–Crippen MR) is 88.5 cm³/mol. The number of thiazole rings is 1. The van der Waals surface area contributed by atoms with E-state index < -0.39 is 6.10 Å². The van der Waals surface area contributed by atoms with Gasteiger partial charge in [-0.2, -0.15) is 0 Å². The Labute approximate surface area is 131 Å². The molecule has 0 amide bonds. The summed E-state index contributed by atoms with van der Waals surface area (Å²) in [6, 6.07) is 8.02. The lowest BCUT2D eigenvalue weighted by atomic mass is 10.1. The molecule has 0 bridgehead atoms. The number of nitrogens with one attached hydrogen (secondary N) is 1. The third-order valence-electron chi connectivity index (χ3n) is 3.28. The fourth-order valence-corrected chi connectivity index (χ4v) is 3.22. The van der Waals surface area contributed by atoms with Gasteiger partial charge in [0.25, 0.3) is 0 Å². The van der Waals surface area contributed by atoms with Gasteiger partial charge in [0, 0.05) is 30.6 Å². The normalized spacial score (nSPS) is 12.8. The van der Waals surface area contributed by atoms with Gasteiger partial charge in [0.05, 0.1) is 11.1 Å². The van der Waals surface area contributed by atoms with Crippen LogP contribution >= 0.6 is 11.3 Å². The van der Waals surface area contributed by atoms with E-state index in [-0.39, 0.29) is 0 Å². The Morgan fingerprint density at radius 3 is 2.62 bits per heavy atom. The average Bonchev–Trinajstić information content (AvgIpc) is 2.86. The monoisotopic (exact) mass is 304 g/mol. The van der Waals surface area contributed by atoms with Crippen LogP contribution in [0.2, 0.25) is 0 Å². The molecular formula is C17H24N2OS. The quantitative estimate of drug-likeness (QED) is 0.823. The van der Waals surface area contributed by atoms with Gasteiger partial charge in [-0.3, -0.25) is 0 Å². The topological polar surface area (TPSA) is 45.1 Å². The molecular weight excluding hydrogens is 280 g/mol. The Kier molecular flexibility index (Phi) is 5.91. The van der Waals surface area contributed by atoms with E-state index in [1.807, 2.05) is 37.4 Å². The van der Waals surface area contributed by atoms with Gasteiger partial charge in [0.1, 0.15) is 0 Å². The molecule has 1 heterocycles. The van der Waals surface area contributed by atoms with Gasteiger partial charge in [-0.25, -0.2) is 4.98 Å². The minimum absolute atomic E-state index is 0.464. The van der Waals surface area contributed by atoms with Crippen molar-refractivity contribution in [3.05, 3.63) is 51.5 Å². The van der Waals surface area contributed by atoms with Crippen LogP contribution in [0, 0.1) is 12.8 Å². The summed E-state index contributed by atoms with van der Waals surface area (Å²) >= 11 is 1.76. The molecule has 3 nitrogen and oxygen atoms in total. The first-order valence-electron chi connectivity index (χ1n) is 7.43. The molecule has 0 saturated heterocycles. The van der Waals surface area contributed by atoms with Crippen molar-refractivity contribution in [2.24, 2.45) is 5.92 Å². The average molecular weight is 304 g/mol. The molecule has 0 aliphatic carbocycles. The maximum absolute atomic E-state index is 10.1. The van der Waals surface area contributed by atoms with Gasteiger partial charge in [-0.1, -0.05) is 43.7 Å². The molecule has 2 rings (SSSR count). The van der Waals surface area contributed by atoms with E-state index in [9.17, 15) is 5.11 Å².